The van der Waals surface area contributed by atoms with Gasteiger partial charge in [0.25, 0.3) is 0 Å². The Kier molecular flexibility index (Phi) is 1.77. The summed E-state index contributed by atoms with van der Waals surface area (Å²) in [5.74, 6) is 0.833. The van der Waals surface area contributed by atoms with E-state index in [1.165, 1.54) is 11.1 Å². The van der Waals surface area contributed by atoms with Gasteiger partial charge in [0.1, 0.15) is 5.75 Å². The molecule has 1 atom stereocenters. The van der Waals surface area contributed by atoms with E-state index in [4.69, 9.17) is 4.74 Å². The van der Waals surface area contributed by atoms with Gasteiger partial charge in [0.15, 0.2) is 6.29 Å². The molecule has 0 unspecified atom stereocenters. The molecule has 1 N–H and O–H groups in total. The largest absolute Gasteiger partial charge is 0.465 e. The number of hydrogen-bond donors (Lipinski definition) is 1. The van der Waals surface area contributed by atoms with Crippen LogP contribution in [0, 0.1) is 6.92 Å². The van der Waals surface area contributed by atoms with Crippen LogP contribution >= 0.6 is 0 Å². The summed E-state index contributed by atoms with van der Waals surface area (Å²) in [6.45, 7) is 2.06. The second-order valence-corrected chi connectivity index (χ2v) is 3.22. The fourth-order valence-corrected chi connectivity index (χ4v) is 1.50. The number of hydrogen-bond acceptors (Lipinski definition) is 2. The second-order valence-electron chi connectivity index (χ2n) is 3.22. The van der Waals surface area contributed by atoms with Crippen molar-refractivity contribution in [3.05, 3.63) is 29.3 Å². The monoisotopic (exact) mass is 164 g/mol. The molecule has 1 aromatic rings. The molecule has 0 aliphatic carbocycles. The molecule has 2 rings (SSSR count). The van der Waals surface area contributed by atoms with Crippen molar-refractivity contribution >= 4 is 0 Å². The van der Waals surface area contributed by atoms with Crippen LogP contribution in [-0.4, -0.2) is 11.4 Å². The van der Waals surface area contributed by atoms with Crippen LogP contribution in [0.3, 0.4) is 0 Å². The van der Waals surface area contributed by atoms with Crippen molar-refractivity contribution in [2.24, 2.45) is 0 Å². The van der Waals surface area contributed by atoms with Crippen LogP contribution in [0.4, 0.5) is 0 Å². The summed E-state index contributed by atoms with van der Waals surface area (Å²) in [4.78, 5) is 0. The first-order chi connectivity index (χ1) is 5.75. The summed E-state index contributed by atoms with van der Waals surface area (Å²) in [5, 5.41) is 9.20. The third kappa shape index (κ3) is 1.30. The van der Waals surface area contributed by atoms with Crippen molar-refractivity contribution in [2.45, 2.75) is 26.1 Å². The lowest BCUT2D eigenvalue weighted by Gasteiger charge is -2.22. The highest BCUT2D eigenvalue weighted by atomic mass is 16.6. The fourth-order valence-electron chi connectivity index (χ4n) is 1.50. The minimum absolute atomic E-state index is 0.611. The Hall–Kier alpha value is -1.02. The van der Waals surface area contributed by atoms with E-state index in [-0.39, 0.29) is 0 Å². The Morgan fingerprint density at radius 3 is 3.17 bits per heavy atom. The molecule has 0 spiro atoms. The highest BCUT2D eigenvalue weighted by molar-refractivity contribution is 5.38. The van der Waals surface area contributed by atoms with Gasteiger partial charge in [-0.05, 0) is 25.0 Å². The van der Waals surface area contributed by atoms with Crippen LogP contribution < -0.4 is 4.74 Å². The van der Waals surface area contributed by atoms with Crippen molar-refractivity contribution in [1.82, 2.24) is 0 Å². The predicted octanol–water partition coefficient (Wildman–Crippen LogP) is 1.64. The predicted molar refractivity (Wildman–Crippen MR) is 46.1 cm³/mol. The third-order valence-electron chi connectivity index (χ3n) is 2.14. The number of ether oxygens (including phenoxy) is 1. The molecular formula is C10H12O2. The zero-order valence-electron chi connectivity index (χ0n) is 7.08. The van der Waals surface area contributed by atoms with E-state index >= 15 is 0 Å². The zero-order valence-corrected chi connectivity index (χ0v) is 7.08. The molecule has 1 heterocycles. The highest BCUT2D eigenvalue weighted by Crippen LogP contribution is 2.27. The summed E-state index contributed by atoms with van der Waals surface area (Å²) in [6.07, 6.45) is 1.01. The van der Waals surface area contributed by atoms with Crippen LogP contribution in [0.25, 0.3) is 0 Å². The summed E-state index contributed by atoms with van der Waals surface area (Å²) in [5.41, 5.74) is 2.45. The Morgan fingerprint density at radius 2 is 2.33 bits per heavy atom. The lowest BCUT2D eigenvalue weighted by atomic mass is 10.0. The summed E-state index contributed by atoms with van der Waals surface area (Å²) >= 11 is 0. The van der Waals surface area contributed by atoms with Gasteiger partial charge in [-0.1, -0.05) is 17.7 Å². The van der Waals surface area contributed by atoms with Gasteiger partial charge >= 0.3 is 0 Å². The van der Waals surface area contributed by atoms with E-state index in [9.17, 15) is 5.11 Å². The number of aliphatic hydroxyl groups excluding tert-OH is 1. The molecular weight excluding hydrogens is 152 g/mol. The Bertz CT molecular complexity index is 294. The number of aryl methyl sites for hydroxylation is 2. The van der Waals surface area contributed by atoms with Gasteiger partial charge in [0, 0.05) is 6.42 Å². The lowest BCUT2D eigenvalue weighted by Crippen LogP contribution is -2.21. The first-order valence-electron chi connectivity index (χ1n) is 4.20. The highest BCUT2D eigenvalue weighted by Gasteiger charge is 2.16. The number of aliphatic hydroxyl groups is 1. The van der Waals surface area contributed by atoms with Crippen LogP contribution in [0.5, 0.6) is 5.75 Å². The molecule has 2 nitrogen and oxygen atoms in total. The van der Waals surface area contributed by atoms with Crippen LogP contribution in [0.1, 0.15) is 17.5 Å². The van der Waals surface area contributed by atoms with Crippen molar-refractivity contribution in [2.75, 3.05) is 0 Å². The third-order valence-corrected chi connectivity index (χ3v) is 2.14. The average molecular weight is 164 g/mol. The minimum atomic E-state index is -0.611. The molecule has 0 amide bonds. The number of rotatable bonds is 0. The SMILES string of the molecule is Cc1ccc2c(c1)CC[C@H](O)O2. The van der Waals surface area contributed by atoms with Crippen LogP contribution in [0.15, 0.2) is 18.2 Å². The maximum atomic E-state index is 9.20. The lowest BCUT2D eigenvalue weighted by molar-refractivity contribution is -0.0316. The summed E-state index contributed by atoms with van der Waals surface area (Å²) in [6, 6.07) is 6.03. The Labute approximate surface area is 71.8 Å². The Balaban J connectivity index is 2.37. The van der Waals surface area contributed by atoms with Crippen molar-refractivity contribution in [3.8, 4) is 5.75 Å². The van der Waals surface area contributed by atoms with Crippen LogP contribution in [0.2, 0.25) is 0 Å². The van der Waals surface area contributed by atoms with E-state index in [1.54, 1.807) is 0 Å². The van der Waals surface area contributed by atoms with E-state index in [1.807, 2.05) is 12.1 Å². The minimum Gasteiger partial charge on any atom is -0.465 e. The summed E-state index contributed by atoms with van der Waals surface area (Å²) in [7, 11) is 0. The van der Waals surface area contributed by atoms with E-state index in [0.717, 1.165) is 12.2 Å². The van der Waals surface area contributed by atoms with Gasteiger partial charge in [-0.2, -0.15) is 0 Å². The molecule has 0 aromatic heterocycles. The van der Waals surface area contributed by atoms with Gasteiger partial charge in [-0.15, -0.1) is 0 Å². The Morgan fingerprint density at radius 1 is 1.50 bits per heavy atom. The zero-order chi connectivity index (χ0) is 8.55. The van der Waals surface area contributed by atoms with E-state index < -0.39 is 6.29 Å². The van der Waals surface area contributed by atoms with Crippen molar-refractivity contribution < 1.29 is 9.84 Å². The quantitative estimate of drug-likeness (QED) is 0.631. The maximum Gasteiger partial charge on any atom is 0.197 e. The molecule has 0 bridgehead atoms. The van der Waals surface area contributed by atoms with E-state index in [2.05, 4.69) is 13.0 Å². The van der Waals surface area contributed by atoms with Gasteiger partial charge in [-0.25, -0.2) is 0 Å². The maximum absolute atomic E-state index is 9.20. The first kappa shape index (κ1) is 7.62. The van der Waals surface area contributed by atoms with Crippen molar-refractivity contribution in [3.63, 3.8) is 0 Å². The first-order valence-corrected chi connectivity index (χ1v) is 4.20. The second kappa shape index (κ2) is 2.79. The number of fused-ring (bicyclic) bond motifs is 1. The van der Waals surface area contributed by atoms with Gasteiger partial charge in [-0.3, -0.25) is 0 Å². The molecule has 0 radical (unpaired) electrons. The smallest absolute Gasteiger partial charge is 0.197 e. The summed E-state index contributed by atoms with van der Waals surface area (Å²) < 4.78 is 5.24. The molecule has 0 saturated carbocycles. The molecule has 0 fully saturated rings. The average Bonchev–Trinajstić information content (AvgIpc) is 2.05. The topological polar surface area (TPSA) is 29.5 Å². The molecule has 12 heavy (non-hydrogen) atoms. The van der Waals surface area contributed by atoms with Gasteiger partial charge in [0.05, 0.1) is 0 Å². The van der Waals surface area contributed by atoms with Crippen molar-refractivity contribution in [1.29, 1.82) is 0 Å². The van der Waals surface area contributed by atoms with Gasteiger partial charge in [0.2, 0.25) is 0 Å². The molecule has 2 heteroatoms. The number of benzene rings is 1. The normalized spacial score (nSPS) is 21.3. The van der Waals surface area contributed by atoms with Gasteiger partial charge < -0.3 is 9.84 Å². The standard InChI is InChI=1S/C10H12O2/c1-7-2-4-9-8(6-7)3-5-10(11)12-9/h2,4,6,10-11H,3,5H2,1H3/t10-/m1/s1. The fraction of sp³-hybridized carbons (Fsp3) is 0.400. The van der Waals surface area contributed by atoms with Crippen LogP contribution in [-0.2, 0) is 6.42 Å². The molecule has 1 aliphatic heterocycles. The molecule has 1 aliphatic rings. The molecule has 64 valence electrons. The van der Waals surface area contributed by atoms with E-state index in [0.29, 0.717) is 6.42 Å². The molecule has 0 saturated heterocycles. The molecule has 1 aromatic carbocycles.